The van der Waals surface area contributed by atoms with E-state index in [1.54, 1.807) is 6.07 Å². The van der Waals surface area contributed by atoms with Crippen LogP contribution >= 0.6 is 11.6 Å². The molecule has 5 heteroatoms. The Labute approximate surface area is 139 Å². The normalized spacial score (nSPS) is 16.1. The second-order valence-electron chi connectivity index (χ2n) is 5.37. The highest BCUT2D eigenvalue weighted by molar-refractivity contribution is 6.33. The summed E-state index contributed by atoms with van der Waals surface area (Å²) in [5.74, 6) is -0.390. The molecule has 118 valence electrons. The van der Waals surface area contributed by atoms with Gasteiger partial charge in [0.25, 0.3) is 0 Å². The highest BCUT2D eigenvalue weighted by Crippen LogP contribution is 2.43. The van der Waals surface area contributed by atoms with Gasteiger partial charge in [-0.3, -0.25) is 0 Å². The van der Waals surface area contributed by atoms with Gasteiger partial charge in [-0.15, -0.1) is 0 Å². The van der Waals surface area contributed by atoms with E-state index >= 15 is 0 Å². The van der Waals surface area contributed by atoms with Gasteiger partial charge >= 0.3 is 5.97 Å². The van der Waals surface area contributed by atoms with Crippen molar-refractivity contribution < 1.29 is 14.3 Å². The van der Waals surface area contributed by atoms with Gasteiger partial charge in [-0.25, -0.2) is 4.79 Å². The molecule has 4 nitrogen and oxygen atoms in total. The van der Waals surface area contributed by atoms with Gasteiger partial charge < -0.3 is 14.4 Å². The van der Waals surface area contributed by atoms with Crippen molar-refractivity contribution in [3.63, 3.8) is 0 Å². The lowest BCUT2D eigenvalue weighted by Crippen LogP contribution is -2.23. The molecule has 0 aliphatic carbocycles. The number of hydrogen-bond acceptors (Lipinski definition) is 4. The summed E-state index contributed by atoms with van der Waals surface area (Å²) >= 11 is 6.32. The third-order valence-electron chi connectivity index (χ3n) is 4.13. The lowest BCUT2D eigenvalue weighted by Gasteiger charge is -2.27. The number of nitrogens with zero attached hydrogens (tertiary/aromatic N) is 1. The van der Waals surface area contributed by atoms with Gasteiger partial charge in [-0.05, 0) is 29.3 Å². The van der Waals surface area contributed by atoms with Crippen LogP contribution in [-0.4, -0.2) is 19.4 Å². The van der Waals surface area contributed by atoms with Crippen LogP contribution in [0.2, 0.25) is 5.02 Å². The average Bonchev–Trinajstić information content (AvgIpc) is 2.93. The van der Waals surface area contributed by atoms with Crippen LogP contribution in [0.5, 0.6) is 0 Å². The van der Waals surface area contributed by atoms with Crippen molar-refractivity contribution in [2.24, 2.45) is 0 Å². The molecule has 1 aliphatic heterocycles. The molecular weight excluding hydrogens is 314 g/mol. The average molecular weight is 330 g/mol. The first-order chi connectivity index (χ1) is 11.2. The quantitative estimate of drug-likeness (QED) is 0.632. The highest BCUT2D eigenvalue weighted by atomic mass is 35.5. The molecule has 2 aromatic rings. The van der Waals surface area contributed by atoms with Gasteiger partial charge in [0.05, 0.1) is 29.4 Å². The molecule has 0 spiro atoms. The minimum Gasteiger partial charge on any atom is -0.465 e. The zero-order chi connectivity index (χ0) is 16.4. The lowest BCUT2D eigenvalue weighted by atomic mass is 9.96. The SMILES string of the molecule is COC(=O)c1cccc2c1C(CC=O)N(c1ccccc1Cl)C2. The lowest BCUT2D eigenvalue weighted by molar-refractivity contribution is -0.108. The number of carbonyl (C=O) groups excluding carboxylic acids is 2. The van der Waals surface area contributed by atoms with Crippen LogP contribution in [0.3, 0.4) is 0 Å². The minimum absolute atomic E-state index is 0.224. The fraction of sp³-hybridized carbons (Fsp3) is 0.222. The van der Waals surface area contributed by atoms with E-state index < -0.39 is 5.97 Å². The zero-order valence-electron chi connectivity index (χ0n) is 12.7. The molecule has 0 N–H and O–H groups in total. The van der Waals surface area contributed by atoms with Crippen LogP contribution in [0, 0.1) is 0 Å². The molecule has 0 amide bonds. The van der Waals surface area contributed by atoms with Gasteiger partial charge in [0.2, 0.25) is 0 Å². The number of ether oxygens (including phenoxy) is 1. The number of fused-ring (bicyclic) bond motifs is 1. The molecular formula is C18H16ClNO3. The molecule has 1 heterocycles. The summed E-state index contributed by atoms with van der Waals surface area (Å²) in [4.78, 5) is 25.3. The van der Waals surface area contributed by atoms with Crippen molar-refractivity contribution >= 4 is 29.5 Å². The summed E-state index contributed by atoms with van der Waals surface area (Å²) in [6, 6.07) is 12.8. The van der Waals surface area contributed by atoms with Crippen LogP contribution in [0.1, 0.15) is 33.9 Å². The third kappa shape index (κ3) is 2.70. The Kier molecular flexibility index (Phi) is 4.35. The molecule has 0 bridgehead atoms. The van der Waals surface area contributed by atoms with Gasteiger partial charge in [0.1, 0.15) is 6.29 Å². The summed E-state index contributed by atoms with van der Waals surface area (Å²) in [5.41, 5.74) is 3.23. The Morgan fingerprint density at radius 2 is 2.09 bits per heavy atom. The van der Waals surface area contributed by atoms with Gasteiger partial charge in [-0.1, -0.05) is 35.9 Å². The van der Waals surface area contributed by atoms with E-state index in [9.17, 15) is 9.59 Å². The number of methoxy groups -OCH3 is 1. The number of carbonyl (C=O) groups is 2. The Morgan fingerprint density at radius 3 is 2.78 bits per heavy atom. The summed E-state index contributed by atoms with van der Waals surface area (Å²) in [5, 5.41) is 0.621. The van der Waals surface area contributed by atoms with Gasteiger partial charge in [0, 0.05) is 13.0 Å². The van der Waals surface area contributed by atoms with E-state index in [-0.39, 0.29) is 12.5 Å². The van der Waals surface area contributed by atoms with E-state index in [1.165, 1.54) is 7.11 Å². The minimum atomic E-state index is -0.390. The first-order valence-electron chi connectivity index (χ1n) is 7.32. The number of esters is 1. The van der Waals surface area contributed by atoms with Crippen LogP contribution in [0.25, 0.3) is 0 Å². The molecule has 3 rings (SSSR count). The number of hydrogen-bond donors (Lipinski definition) is 0. The maximum atomic E-state index is 12.1. The van der Waals surface area contributed by atoms with E-state index in [0.717, 1.165) is 23.1 Å². The van der Waals surface area contributed by atoms with E-state index in [1.807, 2.05) is 36.4 Å². The zero-order valence-corrected chi connectivity index (χ0v) is 13.4. The fourth-order valence-electron chi connectivity index (χ4n) is 3.16. The van der Waals surface area contributed by atoms with Crippen molar-refractivity contribution in [2.75, 3.05) is 12.0 Å². The summed E-state index contributed by atoms with van der Waals surface area (Å²) in [6.45, 7) is 0.600. The van der Waals surface area contributed by atoms with Crippen molar-refractivity contribution in [3.05, 3.63) is 64.2 Å². The molecule has 1 aliphatic rings. The number of benzene rings is 2. The smallest absolute Gasteiger partial charge is 0.338 e. The molecule has 23 heavy (non-hydrogen) atoms. The molecule has 0 aromatic heterocycles. The number of rotatable bonds is 4. The van der Waals surface area contributed by atoms with E-state index in [0.29, 0.717) is 17.1 Å². The Bertz CT molecular complexity index is 760. The monoisotopic (exact) mass is 329 g/mol. The predicted molar refractivity (Wildman–Crippen MR) is 88.8 cm³/mol. The Morgan fingerprint density at radius 1 is 1.30 bits per heavy atom. The number of aldehydes is 1. The standard InChI is InChI=1S/C18H16ClNO3/c1-23-18(22)13-6-4-5-12-11-20(16(9-10-21)17(12)13)15-8-3-2-7-14(15)19/h2-8,10,16H,9,11H2,1H3. The van der Waals surface area contributed by atoms with Crippen molar-refractivity contribution in [1.29, 1.82) is 0 Å². The summed E-state index contributed by atoms with van der Waals surface area (Å²) in [6.07, 6.45) is 1.16. The number of halogens is 1. The van der Waals surface area contributed by atoms with E-state index in [2.05, 4.69) is 4.90 Å². The van der Waals surface area contributed by atoms with Gasteiger partial charge in [0.15, 0.2) is 0 Å². The highest BCUT2D eigenvalue weighted by Gasteiger charge is 2.34. The summed E-state index contributed by atoms with van der Waals surface area (Å²) in [7, 11) is 1.36. The molecule has 0 fully saturated rings. The maximum Gasteiger partial charge on any atom is 0.338 e. The van der Waals surface area contributed by atoms with Crippen molar-refractivity contribution in [1.82, 2.24) is 0 Å². The second kappa shape index (κ2) is 6.42. The molecule has 1 atom stereocenters. The largest absolute Gasteiger partial charge is 0.465 e. The molecule has 2 aromatic carbocycles. The predicted octanol–water partition coefficient (Wildman–Crippen LogP) is 3.78. The maximum absolute atomic E-state index is 12.1. The molecule has 1 unspecified atom stereocenters. The van der Waals surface area contributed by atoms with Crippen LogP contribution < -0.4 is 4.90 Å². The van der Waals surface area contributed by atoms with E-state index in [4.69, 9.17) is 16.3 Å². The molecule has 0 saturated heterocycles. The van der Waals surface area contributed by atoms with Crippen LogP contribution in [0.15, 0.2) is 42.5 Å². The summed E-state index contributed by atoms with van der Waals surface area (Å²) < 4.78 is 4.88. The third-order valence-corrected chi connectivity index (χ3v) is 4.45. The molecule has 0 radical (unpaired) electrons. The number of para-hydroxylation sites is 1. The number of anilines is 1. The Balaban J connectivity index is 2.11. The Hall–Kier alpha value is -2.33. The van der Waals surface area contributed by atoms with Gasteiger partial charge in [-0.2, -0.15) is 0 Å². The first-order valence-corrected chi connectivity index (χ1v) is 7.70. The van der Waals surface area contributed by atoms with Crippen molar-refractivity contribution in [2.45, 2.75) is 19.0 Å². The second-order valence-corrected chi connectivity index (χ2v) is 5.77. The molecule has 0 saturated carbocycles. The topological polar surface area (TPSA) is 46.6 Å². The van der Waals surface area contributed by atoms with Crippen molar-refractivity contribution in [3.8, 4) is 0 Å². The van der Waals surface area contributed by atoms with Crippen LogP contribution in [-0.2, 0) is 16.1 Å². The fourth-order valence-corrected chi connectivity index (χ4v) is 3.40. The first kappa shape index (κ1) is 15.6. The van der Waals surface area contributed by atoms with Crippen LogP contribution in [0.4, 0.5) is 5.69 Å².